The Balaban J connectivity index is 2.08. The van der Waals surface area contributed by atoms with Crippen molar-refractivity contribution in [2.45, 2.75) is 30.7 Å². The highest BCUT2D eigenvalue weighted by molar-refractivity contribution is 9.10. The molecule has 1 atom stereocenters. The first kappa shape index (κ1) is 14.7. The molecule has 1 aliphatic carbocycles. The zero-order valence-electron chi connectivity index (χ0n) is 12.1. The fourth-order valence-electron chi connectivity index (χ4n) is 3.54. The smallest absolute Gasteiger partial charge is 0.142 e. The fourth-order valence-corrected chi connectivity index (χ4v) is 3.93. The highest BCUT2D eigenvalue weighted by Crippen LogP contribution is 2.52. The molecule has 3 heteroatoms. The Morgan fingerprint density at radius 2 is 1.81 bits per heavy atom. The maximum atomic E-state index is 14.6. The lowest BCUT2D eigenvalue weighted by Gasteiger charge is -2.48. The summed E-state index contributed by atoms with van der Waals surface area (Å²) in [6.45, 7) is 0. The summed E-state index contributed by atoms with van der Waals surface area (Å²) in [5.74, 6) is -0.154. The van der Waals surface area contributed by atoms with Gasteiger partial charge in [0.15, 0.2) is 0 Å². The minimum atomic E-state index is -0.154. The molecule has 1 aliphatic rings. The van der Waals surface area contributed by atoms with E-state index >= 15 is 0 Å². The Hall–Kier alpha value is -1.19. The Kier molecular flexibility index (Phi) is 4.14. The van der Waals surface area contributed by atoms with Gasteiger partial charge in [0.05, 0.1) is 4.47 Å². The van der Waals surface area contributed by atoms with Gasteiger partial charge < -0.3 is 5.32 Å². The third-order valence-electron chi connectivity index (χ3n) is 4.73. The normalized spacial score (nSPS) is 18.0. The van der Waals surface area contributed by atoms with Crippen LogP contribution in [0.2, 0.25) is 0 Å². The van der Waals surface area contributed by atoms with E-state index in [1.165, 1.54) is 12.0 Å². The van der Waals surface area contributed by atoms with Crippen LogP contribution in [-0.2, 0) is 5.41 Å². The van der Waals surface area contributed by atoms with Crippen molar-refractivity contribution in [2.75, 3.05) is 7.05 Å². The van der Waals surface area contributed by atoms with E-state index in [4.69, 9.17) is 0 Å². The number of hydrogen-bond acceptors (Lipinski definition) is 1. The van der Waals surface area contributed by atoms with E-state index in [-0.39, 0.29) is 17.3 Å². The monoisotopic (exact) mass is 347 g/mol. The first-order valence-electron chi connectivity index (χ1n) is 7.36. The van der Waals surface area contributed by atoms with E-state index in [1.807, 2.05) is 25.2 Å². The van der Waals surface area contributed by atoms with Gasteiger partial charge >= 0.3 is 0 Å². The number of hydrogen-bond donors (Lipinski definition) is 1. The first-order chi connectivity index (χ1) is 10.2. The number of nitrogens with one attached hydrogen (secondary N) is 1. The lowest BCUT2D eigenvalue weighted by molar-refractivity contribution is 0.173. The lowest BCUT2D eigenvalue weighted by Crippen LogP contribution is -2.46. The Bertz CT molecular complexity index is 622. The zero-order chi connectivity index (χ0) is 14.9. The zero-order valence-corrected chi connectivity index (χ0v) is 13.7. The maximum Gasteiger partial charge on any atom is 0.142 e. The first-order valence-corrected chi connectivity index (χ1v) is 8.15. The standard InChI is InChI=1S/C18H19BrFN/c1-21-17(14-9-5-10-15(19)16(14)20)18(11-6-12-18)13-7-3-2-4-8-13/h2-5,7-10,17,21H,6,11-12H2,1H3. The summed E-state index contributed by atoms with van der Waals surface area (Å²) in [7, 11) is 1.92. The molecule has 0 saturated heterocycles. The third kappa shape index (κ3) is 2.43. The van der Waals surface area contributed by atoms with Crippen LogP contribution in [0.3, 0.4) is 0 Å². The summed E-state index contributed by atoms with van der Waals surface area (Å²) in [4.78, 5) is 0. The van der Waals surface area contributed by atoms with Gasteiger partial charge in [-0.05, 0) is 47.4 Å². The second-order valence-electron chi connectivity index (χ2n) is 5.74. The molecule has 0 radical (unpaired) electrons. The quantitative estimate of drug-likeness (QED) is 0.823. The van der Waals surface area contributed by atoms with E-state index in [1.54, 1.807) is 6.07 Å². The van der Waals surface area contributed by atoms with Crippen molar-refractivity contribution in [3.8, 4) is 0 Å². The van der Waals surface area contributed by atoms with Crippen LogP contribution in [0.4, 0.5) is 4.39 Å². The van der Waals surface area contributed by atoms with E-state index in [0.29, 0.717) is 4.47 Å². The third-order valence-corrected chi connectivity index (χ3v) is 5.34. The average molecular weight is 348 g/mol. The van der Waals surface area contributed by atoms with Gasteiger partial charge in [-0.1, -0.05) is 48.9 Å². The van der Waals surface area contributed by atoms with Crippen LogP contribution in [0.5, 0.6) is 0 Å². The van der Waals surface area contributed by atoms with E-state index in [2.05, 4.69) is 45.5 Å². The molecule has 1 unspecified atom stereocenters. The highest BCUT2D eigenvalue weighted by atomic mass is 79.9. The van der Waals surface area contributed by atoms with Crippen LogP contribution in [0.1, 0.15) is 36.4 Å². The van der Waals surface area contributed by atoms with Crippen molar-refractivity contribution >= 4 is 15.9 Å². The molecular weight excluding hydrogens is 329 g/mol. The topological polar surface area (TPSA) is 12.0 Å². The summed E-state index contributed by atoms with van der Waals surface area (Å²) in [5, 5.41) is 3.37. The molecule has 3 rings (SSSR count). The molecule has 1 fully saturated rings. The van der Waals surface area contributed by atoms with Crippen LogP contribution in [0.25, 0.3) is 0 Å². The van der Waals surface area contributed by atoms with E-state index < -0.39 is 0 Å². The summed E-state index contributed by atoms with van der Waals surface area (Å²) >= 11 is 3.30. The number of likely N-dealkylation sites (N-methyl/N-ethyl adjacent to an activating group) is 1. The van der Waals surface area contributed by atoms with Gasteiger partial charge in [0.2, 0.25) is 0 Å². The summed E-state index contributed by atoms with van der Waals surface area (Å²) in [6, 6.07) is 16.0. The van der Waals surface area contributed by atoms with Crippen molar-refractivity contribution < 1.29 is 4.39 Å². The second-order valence-corrected chi connectivity index (χ2v) is 6.59. The van der Waals surface area contributed by atoms with Crippen LogP contribution < -0.4 is 5.32 Å². The minimum absolute atomic E-state index is 0.00234. The van der Waals surface area contributed by atoms with Gasteiger partial charge in [0.25, 0.3) is 0 Å². The predicted molar refractivity (Wildman–Crippen MR) is 87.9 cm³/mol. The molecule has 2 aromatic carbocycles. The van der Waals surface area contributed by atoms with Gasteiger partial charge in [0.1, 0.15) is 5.82 Å². The molecule has 0 amide bonds. The van der Waals surface area contributed by atoms with Gasteiger partial charge in [-0.3, -0.25) is 0 Å². The minimum Gasteiger partial charge on any atom is -0.312 e. The molecule has 21 heavy (non-hydrogen) atoms. The van der Waals surface area contributed by atoms with Crippen molar-refractivity contribution in [3.05, 3.63) is 69.9 Å². The van der Waals surface area contributed by atoms with Crippen molar-refractivity contribution in [1.82, 2.24) is 5.32 Å². The van der Waals surface area contributed by atoms with E-state index in [0.717, 1.165) is 18.4 Å². The molecule has 0 spiro atoms. The molecule has 1 saturated carbocycles. The van der Waals surface area contributed by atoms with Crippen molar-refractivity contribution in [3.63, 3.8) is 0 Å². The highest BCUT2D eigenvalue weighted by Gasteiger charge is 2.46. The Morgan fingerprint density at radius 3 is 2.38 bits per heavy atom. The molecule has 110 valence electrons. The SMILES string of the molecule is CNC(c1cccc(Br)c1F)C1(c2ccccc2)CCC1. The maximum absolute atomic E-state index is 14.6. The van der Waals surface area contributed by atoms with Gasteiger partial charge in [-0.2, -0.15) is 0 Å². The number of rotatable bonds is 4. The Morgan fingerprint density at radius 1 is 1.10 bits per heavy atom. The number of benzene rings is 2. The van der Waals surface area contributed by atoms with Gasteiger partial charge in [-0.25, -0.2) is 4.39 Å². The summed E-state index contributed by atoms with van der Waals surface area (Å²) in [6.07, 6.45) is 3.38. The molecule has 1 nitrogen and oxygen atoms in total. The molecule has 1 N–H and O–H groups in total. The molecule has 0 aromatic heterocycles. The average Bonchev–Trinajstić information content (AvgIpc) is 2.47. The van der Waals surface area contributed by atoms with Crippen LogP contribution >= 0.6 is 15.9 Å². The molecule has 0 heterocycles. The molecule has 0 aliphatic heterocycles. The molecule has 2 aromatic rings. The van der Waals surface area contributed by atoms with Crippen LogP contribution in [0, 0.1) is 5.82 Å². The van der Waals surface area contributed by atoms with E-state index in [9.17, 15) is 4.39 Å². The second kappa shape index (κ2) is 5.90. The predicted octanol–water partition coefficient (Wildman–Crippen LogP) is 4.97. The number of halogens is 2. The fraction of sp³-hybridized carbons (Fsp3) is 0.333. The van der Waals surface area contributed by atoms with Crippen molar-refractivity contribution in [2.24, 2.45) is 0 Å². The van der Waals surface area contributed by atoms with Crippen LogP contribution in [-0.4, -0.2) is 7.05 Å². The molecular formula is C18H19BrFN. The lowest BCUT2D eigenvalue weighted by atomic mass is 9.58. The largest absolute Gasteiger partial charge is 0.312 e. The Labute approximate surface area is 133 Å². The van der Waals surface area contributed by atoms with Gasteiger partial charge in [0, 0.05) is 17.0 Å². The van der Waals surface area contributed by atoms with Gasteiger partial charge in [-0.15, -0.1) is 0 Å². The molecule has 0 bridgehead atoms. The summed E-state index contributed by atoms with van der Waals surface area (Å²) in [5.41, 5.74) is 2.04. The van der Waals surface area contributed by atoms with Crippen molar-refractivity contribution in [1.29, 1.82) is 0 Å². The van der Waals surface area contributed by atoms with Crippen LogP contribution in [0.15, 0.2) is 53.0 Å². The summed E-state index contributed by atoms with van der Waals surface area (Å²) < 4.78 is 15.1.